The van der Waals surface area contributed by atoms with Gasteiger partial charge in [-0.15, -0.1) is 11.8 Å². The Bertz CT molecular complexity index is 271. The highest BCUT2D eigenvalue weighted by atomic mass is 32.2. The summed E-state index contributed by atoms with van der Waals surface area (Å²) in [5.74, 6) is 1.92. The number of nitrogens with one attached hydrogen (secondary N) is 1. The molecule has 1 aliphatic rings. The number of methoxy groups -OCH3 is 1. The normalized spacial score (nSPS) is 27.5. The van der Waals surface area contributed by atoms with Gasteiger partial charge in [-0.25, -0.2) is 0 Å². The average Bonchev–Trinajstić information content (AvgIpc) is 2.42. The van der Waals surface area contributed by atoms with Gasteiger partial charge in [0.15, 0.2) is 0 Å². The monoisotopic (exact) mass is 287 g/mol. The summed E-state index contributed by atoms with van der Waals surface area (Å²) in [5, 5.41) is 4.20. The van der Waals surface area contributed by atoms with Crippen LogP contribution in [-0.2, 0) is 9.53 Å². The molecule has 0 heterocycles. The summed E-state index contributed by atoms with van der Waals surface area (Å²) in [6.45, 7) is 7.90. The molecule has 0 aliphatic heterocycles. The molecule has 4 heteroatoms. The van der Waals surface area contributed by atoms with Crippen LogP contribution in [0.2, 0.25) is 0 Å². The van der Waals surface area contributed by atoms with E-state index in [-0.39, 0.29) is 5.97 Å². The molecule has 0 spiro atoms. The topological polar surface area (TPSA) is 38.3 Å². The van der Waals surface area contributed by atoms with Crippen LogP contribution >= 0.6 is 11.8 Å². The highest BCUT2D eigenvalue weighted by molar-refractivity contribution is 8.00. The molecule has 3 unspecified atom stereocenters. The predicted octanol–water partition coefficient (Wildman–Crippen LogP) is 3.09. The third kappa shape index (κ3) is 5.74. The third-order valence-electron chi connectivity index (χ3n) is 4.07. The van der Waals surface area contributed by atoms with Gasteiger partial charge >= 0.3 is 5.97 Å². The molecule has 112 valence electrons. The Labute approximate surface area is 122 Å². The maximum absolute atomic E-state index is 11.3. The van der Waals surface area contributed by atoms with Crippen LogP contribution in [0.15, 0.2) is 0 Å². The van der Waals surface area contributed by atoms with Gasteiger partial charge in [-0.2, -0.15) is 0 Å². The molecule has 3 atom stereocenters. The summed E-state index contributed by atoms with van der Waals surface area (Å²) in [6, 6.07) is 0.560. The number of rotatable bonds is 7. The van der Waals surface area contributed by atoms with Crippen molar-refractivity contribution < 1.29 is 9.53 Å². The fourth-order valence-electron chi connectivity index (χ4n) is 2.75. The number of hydrogen-bond acceptors (Lipinski definition) is 4. The van der Waals surface area contributed by atoms with Crippen molar-refractivity contribution in [2.75, 3.05) is 19.4 Å². The first-order chi connectivity index (χ1) is 9.08. The van der Waals surface area contributed by atoms with Gasteiger partial charge in [0.25, 0.3) is 0 Å². The molecule has 1 fully saturated rings. The zero-order valence-electron chi connectivity index (χ0n) is 12.8. The summed E-state index contributed by atoms with van der Waals surface area (Å²) >= 11 is 1.77. The standard InChI is InChI=1S/C15H29NO2S/c1-5-8-16-13-7-6-12(11(2)3)9-14(13)19-10-15(17)18-4/h11-14,16H,5-10H2,1-4H3. The predicted molar refractivity (Wildman–Crippen MR) is 82.5 cm³/mol. The molecule has 0 amide bonds. The summed E-state index contributed by atoms with van der Waals surface area (Å²) in [5.41, 5.74) is 0. The first-order valence-electron chi connectivity index (χ1n) is 7.50. The number of carbonyl (C=O) groups excluding carboxylic acids is 1. The van der Waals surface area contributed by atoms with E-state index in [1.54, 1.807) is 11.8 Å². The summed E-state index contributed by atoms with van der Waals surface area (Å²) in [4.78, 5) is 11.3. The molecular weight excluding hydrogens is 258 g/mol. The minimum Gasteiger partial charge on any atom is -0.468 e. The van der Waals surface area contributed by atoms with Gasteiger partial charge in [-0.3, -0.25) is 4.79 Å². The second kappa shape index (κ2) is 8.85. The zero-order chi connectivity index (χ0) is 14.3. The highest BCUT2D eigenvalue weighted by Crippen LogP contribution is 2.36. The molecule has 0 aromatic rings. The van der Waals surface area contributed by atoms with E-state index in [1.165, 1.54) is 32.8 Å². The molecule has 0 bridgehead atoms. The Morgan fingerprint density at radius 2 is 2.16 bits per heavy atom. The van der Waals surface area contributed by atoms with Gasteiger partial charge in [-0.05, 0) is 44.1 Å². The molecule has 3 nitrogen and oxygen atoms in total. The molecule has 0 saturated heterocycles. The van der Waals surface area contributed by atoms with Crippen LogP contribution in [0.4, 0.5) is 0 Å². The molecule has 0 aromatic carbocycles. The van der Waals surface area contributed by atoms with Crippen LogP contribution in [-0.4, -0.2) is 36.7 Å². The smallest absolute Gasteiger partial charge is 0.315 e. The van der Waals surface area contributed by atoms with Crippen LogP contribution < -0.4 is 5.32 Å². The number of esters is 1. The maximum atomic E-state index is 11.3. The van der Waals surface area contributed by atoms with Crippen molar-refractivity contribution >= 4 is 17.7 Å². The van der Waals surface area contributed by atoms with Crippen molar-refractivity contribution in [2.24, 2.45) is 11.8 Å². The minimum atomic E-state index is -0.106. The van der Waals surface area contributed by atoms with Crippen LogP contribution in [0, 0.1) is 11.8 Å². The van der Waals surface area contributed by atoms with Crippen LogP contribution in [0.3, 0.4) is 0 Å². The fraction of sp³-hybridized carbons (Fsp3) is 0.933. The largest absolute Gasteiger partial charge is 0.468 e. The van der Waals surface area contributed by atoms with E-state index in [4.69, 9.17) is 4.74 Å². The second-order valence-corrected chi connectivity index (χ2v) is 7.03. The van der Waals surface area contributed by atoms with E-state index in [0.29, 0.717) is 17.0 Å². The number of thioether (sulfide) groups is 1. The van der Waals surface area contributed by atoms with Crippen molar-refractivity contribution in [3.8, 4) is 0 Å². The number of carbonyl (C=O) groups is 1. The Morgan fingerprint density at radius 1 is 1.42 bits per heavy atom. The second-order valence-electron chi connectivity index (χ2n) is 5.80. The van der Waals surface area contributed by atoms with Crippen molar-refractivity contribution in [3.63, 3.8) is 0 Å². The molecule has 1 rings (SSSR count). The van der Waals surface area contributed by atoms with Gasteiger partial charge in [0, 0.05) is 11.3 Å². The number of hydrogen-bond donors (Lipinski definition) is 1. The Hall–Kier alpha value is -0.220. The first-order valence-corrected chi connectivity index (χ1v) is 8.55. The molecule has 0 radical (unpaired) electrons. The van der Waals surface area contributed by atoms with Gasteiger partial charge in [0.05, 0.1) is 12.9 Å². The van der Waals surface area contributed by atoms with Crippen LogP contribution in [0.5, 0.6) is 0 Å². The van der Waals surface area contributed by atoms with Crippen molar-refractivity contribution in [1.29, 1.82) is 0 Å². The SMILES string of the molecule is CCCNC1CCC(C(C)C)CC1SCC(=O)OC. The van der Waals surface area contributed by atoms with Crippen molar-refractivity contribution in [2.45, 2.75) is 57.7 Å². The van der Waals surface area contributed by atoms with Gasteiger partial charge in [0.2, 0.25) is 0 Å². The lowest BCUT2D eigenvalue weighted by atomic mass is 9.79. The molecule has 19 heavy (non-hydrogen) atoms. The van der Waals surface area contributed by atoms with Gasteiger partial charge in [0.1, 0.15) is 0 Å². The Morgan fingerprint density at radius 3 is 2.74 bits per heavy atom. The van der Waals surface area contributed by atoms with E-state index >= 15 is 0 Å². The Kier molecular flexibility index (Phi) is 7.84. The van der Waals surface area contributed by atoms with Crippen molar-refractivity contribution in [3.05, 3.63) is 0 Å². The molecule has 1 aliphatic carbocycles. The fourth-order valence-corrected chi connectivity index (χ4v) is 4.06. The van der Waals surface area contributed by atoms with E-state index in [9.17, 15) is 4.79 Å². The maximum Gasteiger partial charge on any atom is 0.315 e. The average molecular weight is 287 g/mol. The van der Waals surface area contributed by atoms with E-state index in [2.05, 4.69) is 26.1 Å². The third-order valence-corrected chi connectivity index (χ3v) is 5.43. The lowest BCUT2D eigenvalue weighted by Gasteiger charge is -2.38. The summed E-state index contributed by atoms with van der Waals surface area (Å²) in [7, 11) is 1.47. The zero-order valence-corrected chi connectivity index (χ0v) is 13.6. The highest BCUT2D eigenvalue weighted by Gasteiger charge is 2.32. The minimum absolute atomic E-state index is 0.106. The lowest BCUT2D eigenvalue weighted by Crippen LogP contribution is -2.44. The first kappa shape index (κ1) is 16.8. The van der Waals surface area contributed by atoms with E-state index < -0.39 is 0 Å². The quantitative estimate of drug-likeness (QED) is 0.730. The van der Waals surface area contributed by atoms with E-state index in [0.717, 1.165) is 18.4 Å². The van der Waals surface area contributed by atoms with Gasteiger partial charge in [-0.1, -0.05) is 20.8 Å². The number of ether oxygens (including phenoxy) is 1. The molecule has 1 N–H and O–H groups in total. The summed E-state index contributed by atoms with van der Waals surface area (Å²) < 4.78 is 4.75. The van der Waals surface area contributed by atoms with E-state index in [1.807, 2.05) is 0 Å². The van der Waals surface area contributed by atoms with Crippen LogP contribution in [0.1, 0.15) is 46.5 Å². The molecule has 0 aromatic heterocycles. The Balaban J connectivity index is 2.51. The lowest BCUT2D eigenvalue weighted by molar-refractivity contribution is -0.137. The molecule has 1 saturated carbocycles. The van der Waals surface area contributed by atoms with Crippen LogP contribution in [0.25, 0.3) is 0 Å². The van der Waals surface area contributed by atoms with Crippen molar-refractivity contribution in [1.82, 2.24) is 5.32 Å². The summed E-state index contributed by atoms with van der Waals surface area (Å²) in [6.07, 6.45) is 4.94. The molecular formula is C15H29NO2S. The van der Waals surface area contributed by atoms with Gasteiger partial charge < -0.3 is 10.1 Å².